The van der Waals surface area contributed by atoms with Crippen LogP contribution in [-0.2, 0) is 6.42 Å². The van der Waals surface area contributed by atoms with Crippen LogP contribution >= 0.6 is 0 Å². The van der Waals surface area contributed by atoms with Crippen LogP contribution in [0, 0.1) is 5.82 Å². The molecule has 0 unspecified atom stereocenters. The second-order valence-electron chi connectivity index (χ2n) is 6.06. The minimum Gasteiger partial charge on any atom is -0.352 e. The van der Waals surface area contributed by atoms with Crippen molar-refractivity contribution in [3.05, 3.63) is 65.2 Å². The van der Waals surface area contributed by atoms with Crippen LogP contribution < -0.4 is 10.6 Å². The van der Waals surface area contributed by atoms with Crippen LogP contribution in [0.5, 0.6) is 0 Å². The molecule has 2 aromatic rings. The summed E-state index contributed by atoms with van der Waals surface area (Å²) in [5.41, 5.74) is 1.64. The molecule has 0 aliphatic heterocycles. The molecule has 0 atom stereocenters. The summed E-state index contributed by atoms with van der Waals surface area (Å²) in [6.07, 6.45) is 6.56. The molecule has 138 valence electrons. The molecule has 6 heteroatoms. The Bertz CT molecular complexity index is 732. The van der Waals surface area contributed by atoms with Gasteiger partial charge in [0.05, 0.1) is 11.1 Å². The monoisotopic (exact) mass is 357 g/mol. The van der Waals surface area contributed by atoms with Crippen LogP contribution in [-0.4, -0.2) is 29.9 Å². The minimum atomic E-state index is -0.291. The van der Waals surface area contributed by atoms with Gasteiger partial charge in [-0.1, -0.05) is 31.9 Å². The number of benzene rings is 1. The lowest BCUT2D eigenvalue weighted by molar-refractivity contribution is 0.0952. The molecule has 1 aromatic carbocycles. The van der Waals surface area contributed by atoms with Gasteiger partial charge in [-0.3, -0.25) is 14.6 Å². The Morgan fingerprint density at radius 1 is 0.962 bits per heavy atom. The van der Waals surface area contributed by atoms with Gasteiger partial charge in [-0.2, -0.15) is 0 Å². The number of nitrogens with zero attached hydrogens (tertiary/aromatic N) is 1. The number of amides is 2. The zero-order chi connectivity index (χ0) is 18.8. The first kappa shape index (κ1) is 19.6. The number of nitrogens with one attached hydrogen (secondary N) is 2. The fourth-order valence-corrected chi connectivity index (χ4v) is 2.44. The number of unbranched alkanes of at least 4 members (excludes halogenated alkanes) is 2. The lowest BCUT2D eigenvalue weighted by atomic mass is 10.1. The van der Waals surface area contributed by atoms with Gasteiger partial charge >= 0.3 is 0 Å². The summed E-state index contributed by atoms with van der Waals surface area (Å²) in [4.78, 5) is 28.3. The van der Waals surface area contributed by atoms with E-state index in [1.807, 2.05) is 0 Å². The maximum absolute atomic E-state index is 12.9. The summed E-state index contributed by atoms with van der Waals surface area (Å²) in [5.74, 6) is -0.802. The molecule has 0 aliphatic carbocycles. The van der Waals surface area contributed by atoms with Crippen LogP contribution in [0.15, 0.2) is 42.7 Å². The smallest absolute Gasteiger partial charge is 0.252 e. The van der Waals surface area contributed by atoms with Crippen LogP contribution in [0.2, 0.25) is 0 Å². The second kappa shape index (κ2) is 10.3. The topological polar surface area (TPSA) is 71.1 Å². The van der Waals surface area contributed by atoms with Crippen LogP contribution in [0.25, 0.3) is 0 Å². The fraction of sp³-hybridized carbons (Fsp3) is 0.350. The van der Waals surface area contributed by atoms with Gasteiger partial charge in [0.1, 0.15) is 5.82 Å². The average molecular weight is 357 g/mol. The maximum Gasteiger partial charge on any atom is 0.252 e. The Kier molecular flexibility index (Phi) is 7.74. The Morgan fingerprint density at radius 3 is 2.19 bits per heavy atom. The quantitative estimate of drug-likeness (QED) is 0.678. The molecule has 0 bridgehead atoms. The normalized spacial score (nSPS) is 10.4. The average Bonchev–Trinajstić information content (AvgIpc) is 2.66. The van der Waals surface area contributed by atoms with Gasteiger partial charge in [0.2, 0.25) is 0 Å². The van der Waals surface area contributed by atoms with E-state index in [2.05, 4.69) is 22.5 Å². The number of hydrogen-bond donors (Lipinski definition) is 2. The van der Waals surface area contributed by atoms with E-state index in [0.717, 1.165) is 24.8 Å². The van der Waals surface area contributed by atoms with Crippen LogP contribution in [0.3, 0.4) is 0 Å². The summed E-state index contributed by atoms with van der Waals surface area (Å²) < 4.78 is 12.9. The van der Waals surface area contributed by atoms with Gasteiger partial charge in [-0.05, 0) is 36.6 Å². The van der Waals surface area contributed by atoms with Crippen molar-refractivity contribution in [3.63, 3.8) is 0 Å². The highest BCUT2D eigenvalue weighted by Gasteiger charge is 2.11. The van der Waals surface area contributed by atoms with Crippen molar-refractivity contribution in [1.82, 2.24) is 15.6 Å². The van der Waals surface area contributed by atoms with Crippen molar-refractivity contribution in [2.24, 2.45) is 0 Å². The lowest BCUT2D eigenvalue weighted by Gasteiger charge is -2.08. The third-order valence-electron chi connectivity index (χ3n) is 3.94. The standard InChI is InChI=1S/C20H24FN3O2/c1-2-3-4-10-23-19(25)16-12-17(14-22-13-16)20(26)24-11-9-15-5-7-18(21)8-6-15/h5-8,12-14H,2-4,9-11H2,1H3,(H,23,25)(H,24,26). The van der Waals surface area contributed by atoms with Gasteiger partial charge in [0.15, 0.2) is 0 Å². The molecular formula is C20H24FN3O2. The summed E-state index contributed by atoms with van der Waals surface area (Å²) in [6, 6.07) is 7.70. The first-order valence-electron chi connectivity index (χ1n) is 8.86. The van der Waals surface area contributed by atoms with E-state index in [0.29, 0.717) is 30.6 Å². The van der Waals surface area contributed by atoms with Crippen molar-refractivity contribution in [2.75, 3.05) is 13.1 Å². The number of hydrogen-bond acceptors (Lipinski definition) is 3. The van der Waals surface area contributed by atoms with Gasteiger partial charge in [0.25, 0.3) is 11.8 Å². The van der Waals surface area contributed by atoms with Crippen molar-refractivity contribution in [2.45, 2.75) is 32.6 Å². The van der Waals surface area contributed by atoms with Gasteiger partial charge in [-0.15, -0.1) is 0 Å². The van der Waals surface area contributed by atoms with Crippen molar-refractivity contribution >= 4 is 11.8 Å². The Morgan fingerprint density at radius 2 is 1.58 bits per heavy atom. The maximum atomic E-state index is 12.9. The number of carbonyl (C=O) groups is 2. The molecule has 2 amide bonds. The predicted octanol–water partition coefficient (Wildman–Crippen LogP) is 3.11. The predicted molar refractivity (Wildman–Crippen MR) is 98.5 cm³/mol. The molecular weight excluding hydrogens is 333 g/mol. The molecule has 0 saturated heterocycles. The van der Waals surface area contributed by atoms with E-state index < -0.39 is 0 Å². The molecule has 5 nitrogen and oxygen atoms in total. The van der Waals surface area contributed by atoms with E-state index >= 15 is 0 Å². The number of carbonyl (C=O) groups excluding carboxylic acids is 2. The molecule has 0 radical (unpaired) electrons. The lowest BCUT2D eigenvalue weighted by Crippen LogP contribution is -2.27. The van der Waals surface area contributed by atoms with Gasteiger partial charge < -0.3 is 10.6 Å². The summed E-state index contributed by atoms with van der Waals surface area (Å²) >= 11 is 0. The highest BCUT2D eigenvalue weighted by atomic mass is 19.1. The summed E-state index contributed by atoms with van der Waals surface area (Å²) in [6.45, 7) is 3.13. The Hall–Kier alpha value is -2.76. The van der Waals surface area contributed by atoms with Crippen LogP contribution in [0.4, 0.5) is 4.39 Å². The minimum absolute atomic E-state index is 0.227. The van der Waals surface area contributed by atoms with E-state index in [1.165, 1.54) is 30.6 Å². The van der Waals surface area contributed by atoms with Gasteiger partial charge in [-0.25, -0.2) is 4.39 Å². The fourth-order valence-electron chi connectivity index (χ4n) is 2.44. The Balaban J connectivity index is 1.84. The molecule has 2 rings (SSSR count). The van der Waals surface area contributed by atoms with E-state index in [9.17, 15) is 14.0 Å². The highest BCUT2D eigenvalue weighted by Crippen LogP contribution is 2.05. The number of rotatable bonds is 9. The molecule has 1 aromatic heterocycles. The SMILES string of the molecule is CCCCCNC(=O)c1cncc(C(=O)NCCc2ccc(F)cc2)c1. The molecule has 0 saturated carbocycles. The number of aromatic nitrogens is 1. The van der Waals surface area contributed by atoms with Crippen molar-refractivity contribution < 1.29 is 14.0 Å². The molecule has 2 N–H and O–H groups in total. The van der Waals surface area contributed by atoms with E-state index in [-0.39, 0.29) is 17.6 Å². The first-order valence-corrected chi connectivity index (χ1v) is 8.86. The third-order valence-corrected chi connectivity index (χ3v) is 3.94. The first-order chi connectivity index (χ1) is 12.6. The molecule has 26 heavy (non-hydrogen) atoms. The van der Waals surface area contributed by atoms with Crippen LogP contribution in [0.1, 0.15) is 52.5 Å². The zero-order valence-corrected chi connectivity index (χ0v) is 14.9. The summed E-state index contributed by atoms with van der Waals surface area (Å²) in [7, 11) is 0. The zero-order valence-electron chi connectivity index (χ0n) is 14.9. The van der Waals surface area contributed by atoms with Crippen molar-refractivity contribution in [1.29, 1.82) is 0 Å². The molecule has 0 fully saturated rings. The highest BCUT2D eigenvalue weighted by molar-refractivity contribution is 5.99. The van der Waals surface area contributed by atoms with Crippen molar-refractivity contribution in [3.8, 4) is 0 Å². The molecule has 0 aliphatic rings. The molecule has 0 spiro atoms. The third kappa shape index (κ3) is 6.27. The largest absolute Gasteiger partial charge is 0.352 e. The number of halogens is 1. The second-order valence-corrected chi connectivity index (χ2v) is 6.06. The summed E-state index contributed by atoms with van der Waals surface area (Å²) in [5, 5.41) is 5.61. The Labute approximate surface area is 153 Å². The van der Waals surface area contributed by atoms with E-state index in [4.69, 9.17) is 0 Å². The number of pyridine rings is 1. The van der Waals surface area contributed by atoms with E-state index in [1.54, 1.807) is 12.1 Å². The van der Waals surface area contributed by atoms with Gasteiger partial charge in [0, 0.05) is 25.5 Å². The molecule has 1 heterocycles.